The molecule has 0 saturated carbocycles. The Bertz CT molecular complexity index is 1360. The summed E-state index contributed by atoms with van der Waals surface area (Å²) in [5.41, 5.74) is 4.93. The van der Waals surface area contributed by atoms with Gasteiger partial charge in [0.1, 0.15) is 17.7 Å². The number of hydrogen-bond acceptors (Lipinski definition) is 6. The Morgan fingerprint density at radius 3 is 2.80 bits per heavy atom. The molecule has 0 fully saturated rings. The van der Waals surface area contributed by atoms with Gasteiger partial charge in [0.25, 0.3) is 0 Å². The number of fused-ring (bicyclic) bond motifs is 2. The lowest BCUT2D eigenvalue weighted by atomic mass is 10.00. The van der Waals surface area contributed by atoms with E-state index in [2.05, 4.69) is 30.2 Å². The first kappa shape index (κ1) is 18.1. The zero-order valence-electron chi connectivity index (χ0n) is 16.4. The number of nitrogens with one attached hydrogen (secondary N) is 2. The van der Waals surface area contributed by atoms with Crippen molar-refractivity contribution >= 4 is 27.9 Å². The van der Waals surface area contributed by atoms with Crippen LogP contribution in [-0.4, -0.2) is 29.9 Å². The molecule has 0 aliphatic carbocycles. The standard InChI is InChI=1S/C22H18FN7/c1-12-7-16(23)15-9-14(19(30-18(15)8-12)17-5-3-4-6-24-17)13(2)29-22-20-21(26-10-25-20)27-11-28-22/h3-11,13H,1-2H3,(H2,25,26,27,28,29). The fraction of sp³-hybridized carbons (Fsp3) is 0.136. The van der Waals surface area contributed by atoms with Crippen LogP contribution in [0.25, 0.3) is 33.5 Å². The summed E-state index contributed by atoms with van der Waals surface area (Å²) in [5, 5.41) is 3.85. The first-order valence-electron chi connectivity index (χ1n) is 9.53. The number of aromatic nitrogens is 6. The van der Waals surface area contributed by atoms with Crippen LogP contribution in [0.4, 0.5) is 10.2 Å². The minimum absolute atomic E-state index is 0.235. The number of aryl methyl sites for hydroxylation is 1. The van der Waals surface area contributed by atoms with E-state index in [-0.39, 0.29) is 11.9 Å². The maximum Gasteiger partial charge on any atom is 0.182 e. The molecule has 8 heteroatoms. The second kappa shape index (κ2) is 7.14. The number of anilines is 1. The molecule has 4 heterocycles. The normalized spacial score (nSPS) is 12.4. The highest BCUT2D eigenvalue weighted by Gasteiger charge is 2.19. The zero-order valence-corrected chi connectivity index (χ0v) is 16.4. The van der Waals surface area contributed by atoms with E-state index >= 15 is 0 Å². The van der Waals surface area contributed by atoms with Crippen molar-refractivity contribution in [2.24, 2.45) is 0 Å². The van der Waals surface area contributed by atoms with Crippen molar-refractivity contribution in [1.29, 1.82) is 0 Å². The summed E-state index contributed by atoms with van der Waals surface area (Å²) in [6.45, 7) is 3.83. The summed E-state index contributed by atoms with van der Waals surface area (Å²) in [6, 6.07) is 10.7. The molecule has 0 aliphatic rings. The quantitative estimate of drug-likeness (QED) is 0.459. The van der Waals surface area contributed by atoms with Gasteiger partial charge in [0.2, 0.25) is 0 Å². The summed E-state index contributed by atoms with van der Waals surface area (Å²) >= 11 is 0. The maximum atomic E-state index is 14.7. The predicted octanol–water partition coefficient (Wildman–Crippen LogP) is 4.58. The number of H-pyrrole nitrogens is 1. The molecule has 2 N–H and O–H groups in total. The Morgan fingerprint density at radius 1 is 1.07 bits per heavy atom. The molecule has 0 bridgehead atoms. The van der Waals surface area contributed by atoms with E-state index in [1.807, 2.05) is 44.2 Å². The first-order valence-corrected chi connectivity index (χ1v) is 9.53. The first-order chi connectivity index (χ1) is 14.6. The van der Waals surface area contributed by atoms with Crippen LogP contribution >= 0.6 is 0 Å². The third kappa shape index (κ3) is 3.12. The molecule has 30 heavy (non-hydrogen) atoms. The molecule has 1 unspecified atom stereocenters. The van der Waals surface area contributed by atoms with E-state index in [1.54, 1.807) is 12.5 Å². The lowest BCUT2D eigenvalue weighted by molar-refractivity contribution is 0.638. The number of halogens is 1. The van der Waals surface area contributed by atoms with Gasteiger partial charge in [0, 0.05) is 17.1 Å². The average molecular weight is 399 g/mol. The van der Waals surface area contributed by atoms with Crippen LogP contribution in [0.1, 0.15) is 24.1 Å². The van der Waals surface area contributed by atoms with Crippen LogP contribution < -0.4 is 5.32 Å². The number of rotatable bonds is 4. The van der Waals surface area contributed by atoms with Gasteiger partial charge in [-0.05, 0) is 49.7 Å². The minimum atomic E-state index is -0.295. The molecule has 0 aliphatic heterocycles. The van der Waals surface area contributed by atoms with Crippen molar-refractivity contribution in [2.75, 3.05) is 5.32 Å². The van der Waals surface area contributed by atoms with Crippen LogP contribution in [0, 0.1) is 12.7 Å². The highest BCUT2D eigenvalue weighted by Crippen LogP contribution is 2.32. The second-order valence-corrected chi connectivity index (χ2v) is 7.14. The third-order valence-electron chi connectivity index (χ3n) is 5.01. The van der Waals surface area contributed by atoms with Crippen LogP contribution in [0.2, 0.25) is 0 Å². The summed E-state index contributed by atoms with van der Waals surface area (Å²) in [7, 11) is 0. The molecule has 1 atom stereocenters. The Balaban J connectivity index is 1.67. The molecular weight excluding hydrogens is 381 g/mol. The molecule has 0 spiro atoms. The molecule has 0 saturated heterocycles. The molecule has 1 aromatic carbocycles. The highest BCUT2D eigenvalue weighted by atomic mass is 19.1. The Kier molecular flexibility index (Phi) is 4.31. The van der Waals surface area contributed by atoms with Crippen molar-refractivity contribution in [2.45, 2.75) is 19.9 Å². The van der Waals surface area contributed by atoms with Crippen molar-refractivity contribution in [3.63, 3.8) is 0 Å². The monoisotopic (exact) mass is 399 g/mol. The second-order valence-electron chi connectivity index (χ2n) is 7.14. The van der Waals surface area contributed by atoms with Crippen molar-refractivity contribution in [3.05, 3.63) is 72.2 Å². The molecule has 7 nitrogen and oxygen atoms in total. The van der Waals surface area contributed by atoms with Crippen molar-refractivity contribution in [1.82, 2.24) is 29.9 Å². The number of benzene rings is 1. The van der Waals surface area contributed by atoms with Crippen molar-refractivity contribution < 1.29 is 4.39 Å². The van der Waals surface area contributed by atoms with Gasteiger partial charge in [0.15, 0.2) is 11.5 Å². The summed E-state index contributed by atoms with van der Waals surface area (Å²) in [5.74, 6) is 0.318. The summed E-state index contributed by atoms with van der Waals surface area (Å²) in [4.78, 5) is 24.9. The van der Waals surface area contributed by atoms with Gasteiger partial charge >= 0.3 is 0 Å². The lowest BCUT2D eigenvalue weighted by Crippen LogP contribution is -2.11. The number of nitrogens with zero attached hydrogens (tertiary/aromatic N) is 5. The smallest absolute Gasteiger partial charge is 0.182 e. The van der Waals surface area contributed by atoms with E-state index in [0.717, 1.165) is 16.8 Å². The van der Waals surface area contributed by atoms with E-state index in [1.165, 1.54) is 12.4 Å². The number of imidazole rings is 1. The predicted molar refractivity (Wildman–Crippen MR) is 113 cm³/mol. The minimum Gasteiger partial charge on any atom is -0.362 e. The van der Waals surface area contributed by atoms with Crippen LogP contribution in [0.3, 0.4) is 0 Å². The van der Waals surface area contributed by atoms with Gasteiger partial charge in [-0.25, -0.2) is 24.3 Å². The SMILES string of the molecule is Cc1cc(F)c2cc(C(C)Nc3ncnc4nc[nH]c34)c(-c3ccccn3)nc2c1. The number of aromatic amines is 1. The highest BCUT2D eigenvalue weighted by molar-refractivity contribution is 5.85. The fourth-order valence-corrected chi connectivity index (χ4v) is 3.57. The van der Waals surface area contributed by atoms with Crippen LogP contribution in [0.15, 0.2) is 55.2 Å². The largest absolute Gasteiger partial charge is 0.362 e. The maximum absolute atomic E-state index is 14.7. The average Bonchev–Trinajstić information content (AvgIpc) is 3.23. The van der Waals surface area contributed by atoms with E-state index < -0.39 is 0 Å². The zero-order chi connectivity index (χ0) is 20.7. The molecule has 4 aromatic heterocycles. The van der Waals surface area contributed by atoms with E-state index in [4.69, 9.17) is 4.98 Å². The van der Waals surface area contributed by atoms with Gasteiger partial charge in [-0.3, -0.25) is 4.98 Å². The topological polar surface area (TPSA) is 92.3 Å². The Labute approximate surface area is 171 Å². The van der Waals surface area contributed by atoms with Gasteiger partial charge in [-0.1, -0.05) is 6.07 Å². The number of pyridine rings is 2. The molecule has 5 rings (SSSR count). The molecular formula is C22H18FN7. The summed E-state index contributed by atoms with van der Waals surface area (Å²) < 4.78 is 14.7. The van der Waals surface area contributed by atoms with Gasteiger partial charge < -0.3 is 10.3 Å². The Morgan fingerprint density at radius 2 is 1.97 bits per heavy atom. The van der Waals surface area contributed by atoms with Crippen LogP contribution in [0.5, 0.6) is 0 Å². The van der Waals surface area contributed by atoms with E-state index in [9.17, 15) is 4.39 Å². The van der Waals surface area contributed by atoms with Gasteiger partial charge in [-0.2, -0.15) is 0 Å². The molecule has 0 radical (unpaired) electrons. The van der Waals surface area contributed by atoms with Gasteiger partial charge in [0.05, 0.1) is 29.3 Å². The fourth-order valence-electron chi connectivity index (χ4n) is 3.57. The van der Waals surface area contributed by atoms with Crippen LogP contribution in [-0.2, 0) is 0 Å². The Hall–Kier alpha value is -3.94. The summed E-state index contributed by atoms with van der Waals surface area (Å²) in [6.07, 6.45) is 4.75. The molecule has 5 aromatic rings. The van der Waals surface area contributed by atoms with Crippen molar-refractivity contribution in [3.8, 4) is 11.4 Å². The molecule has 148 valence electrons. The number of hydrogen-bond donors (Lipinski definition) is 2. The third-order valence-corrected chi connectivity index (χ3v) is 5.01. The van der Waals surface area contributed by atoms with Gasteiger partial charge in [-0.15, -0.1) is 0 Å². The van der Waals surface area contributed by atoms with E-state index in [0.29, 0.717) is 33.6 Å². The molecule has 0 amide bonds. The lowest BCUT2D eigenvalue weighted by Gasteiger charge is -2.19.